The van der Waals surface area contributed by atoms with Crippen LogP contribution in [0.15, 0.2) is 0 Å². The summed E-state index contributed by atoms with van der Waals surface area (Å²) in [5.41, 5.74) is 0. The summed E-state index contributed by atoms with van der Waals surface area (Å²) in [5, 5.41) is 0. The van der Waals surface area contributed by atoms with Crippen LogP contribution in [-0.4, -0.2) is 38.6 Å². The maximum atomic E-state index is 6.16. The third kappa shape index (κ3) is 8.18. The van der Waals surface area contributed by atoms with E-state index in [1.807, 2.05) is 13.8 Å². The monoisotopic (exact) mass is 300 g/mol. The molecule has 1 aliphatic carbocycles. The van der Waals surface area contributed by atoms with Crippen molar-refractivity contribution in [2.24, 2.45) is 17.8 Å². The van der Waals surface area contributed by atoms with E-state index in [1.165, 1.54) is 19.3 Å². The SMILES string of the molecule is CC1CCC(C(C)C)C(OCCCOCCOC(C)C)C1. The van der Waals surface area contributed by atoms with Crippen molar-refractivity contribution in [1.82, 2.24) is 0 Å². The fourth-order valence-corrected chi connectivity index (χ4v) is 3.15. The number of hydrogen-bond donors (Lipinski definition) is 0. The van der Waals surface area contributed by atoms with Crippen LogP contribution in [0, 0.1) is 17.8 Å². The van der Waals surface area contributed by atoms with E-state index in [0.29, 0.717) is 19.3 Å². The Labute approximate surface area is 131 Å². The van der Waals surface area contributed by atoms with E-state index in [2.05, 4.69) is 20.8 Å². The summed E-state index contributed by atoms with van der Waals surface area (Å²) in [7, 11) is 0. The molecular weight excluding hydrogens is 264 g/mol. The first kappa shape index (κ1) is 18.9. The Hall–Kier alpha value is -0.120. The summed E-state index contributed by atoms with van der Waals surface area (Å²) in [6, 6.07) is 0. The Morgan fingerprint density at radius 1 is 0.952 bits per heavy atom. The van der Waals surface area contributed by atoms with Crippen LogP contribution in [0.5, 0.6) is 0 Å². The topological polar surface area (TPSA) is 27.7 Å². The van der Waals surface area contributed by atoms with Gasteiger partial charge in [-0.05, 0) is 50.9 Å². The molecule has 0 aromatic carbocycles. The standard InChI is InChI=1S/C18H36O3/c1-14(2)17-8-7-16(5)13-18(17)21-10-6-9-19-11-12-20-15(3)4/h14-18H,6-13H2,1-5H3. The molecule has 3 atom stereocenters. The molecule has 1 rings (SSSR count). The first-order chi connectivity index (χ1) is 10.0. The minimum absolute atomic E-state index is 0.290. The molecule has 1 saturated carbocycles. The van der Waals surface area contributed by atoms with Gasteiger partial charge >= 0.3 is 0 Å². The van der Waals surface area contributed by atoms with Crippen LogP contribution >= 0.6 is 0 Å². The van der Waals surface area contributed by atoms with Gasteiger partial charge in [0.15, 0.2) is 0 Å². The summed E-state index contributed by atoms with van der Waals surface area (Å²) in [6.07, 6.45) is 5.65. The van der Waals surface area contributed by atoms with Crippen LogP contribution in [0.3, 0.4) is 0 Å². The predicted octanol–water partition coefficient (Wildman–Crippen LogP) is 4.30. The van der Waals surface area contributed by atoms with Gasteiger partial charge in [0.25, 0.3) is 0 Å². The lowest BCUT2D eigenvalue weighted by atomic mass is 9.75. The van der Waals surface area contributed by atoms with Crippen LogP contribution in [-0.2, 0) is 14.2 Å². The molecule has 0 heterocycles. The Kier molecular flexibility index (Phi) is 9.54. The quantitative estimate of drug-likeness (QED) is 0.563. The molecule has 0 saturated heterocycles. The van der Waals surface area contributed by atoms with Crippen LogP contribution in [0.4, 0.5) is 0 Å². The average molecular weight is 300 g/mol. The van der Waals surface area contributed by atoms with E-state index >= 15 is 0 Å². The van der Waals surface area contributed by atoms with E-state index < -0.39 is 0 Å². The number of ether oxygens (including phenoxy) is 3. The highest BCUT2D eigenvalue weighted by atomic mass is 16.5. The van der Waals surface area contributed by atoms with Crippen molar-refractivity contribution in [3.8, 4) is 0 Å². The molecular formula is C18H36O3. The van der Waals surface area contributed by atoms with Gasteiger partial charge in [0.05, 0.1) is 25.4 Å². The third-order valence-electron chi connectivity index (χ3n) is 4.41. The van der Waals surface area contributed by atoms with Crippen LogP contribution in [0.25, 0.3) is 0 Å². The molecule has 126 valence electrons. The van der Waals surface area contributed by atoms with Crippen LogP contribution in [0.1, 0.15) is 60.3 Å². The van der Waals surface area contributed by atoms with Gasteiger partial charge in [0.2, 0.25) is 0 Å². The fraction of sp³-hybridized carbons (Fsp3) is 1.00. The van der Waals surface area contributed by atoms with Crippen molar-refractivity contribution in [1.29, 1.82) is 0 Å². The van der Waals surface area contributed by atoms with Gasteiger partial charge in [-0.1, -0.05) is 27.2 Å². The molecule has 0 aromatic rings. The van der Waals surface area contributed by atoms with Gasteiger partial charge < -0.3 is 14.2 Å². The smallest absolute Gasteiger partial charge is 0.0703 e. The van der Waals surface area contributed by atoms with E-state index in [1.54, 1.807) is 0 Å². The Morgan fingerprint density at radius 2 is 1.71 bits per heavy atom. The maximum absolute atomic E-state index is 6.16. The van der Waals surface area contributed by atoms with Gasteiger partial charge in [-0.3, -0.25) is 0 Å². The first-order valence-electron chi connectivity index (χ1n) is 8.81. The zero-order chi connectivity index (χ0) is 15.7. The molecule has 0 aliphatic heterocycles. The second-order valence-corrected chi connectivity index (χ2v) is 7.12. The summed E-state index contributed by atoms with van der Waals surface area (Å²) in [4.78, 5) is 0. The first-order valence-corrected chi connectivity index (χ1v) is 8.81. The van der Waals surface area contributed by atoms with E-state index in [-0.39, 0.29) is 6.10 Å². The highest BCUT2D eigenvalue weighted by molar-refractivity contribution is 4.81. The van der Waals surface area contributed by atoms with E-state index in [9.17, 15) is 0 Å². The van der Waals surface area contributed by atoms with Crippen molar-refractivity contribution in [3.05, 3.63) is 0 Å². The molecule has 0 aromatic heterocycles. The highest BCUT2D eigenvalue weighted by Crippen LogP contribution is 2.35. The number of hydrogen-bond acceptors (Lipinski definition) is 3. The summed E-state index contributed by atoms with van der Waals surface area (Å²) < 4.78 is 17.2. The van der Waals surface area contributed by atoms with Crippen molar-refractivity contribution < 1.29 is 14.2 Å². The van der Waals surface area contributed by atoms with Crippen molar-refractivity contribution >= 4 is 0 Å². The molecule has 3 nitrogen and oxygen atoms in total. The molecule has 3 unspecified atom stereocenters. The van der Waals surface area contributed by atoms with Crippen molar-refractivity contribution in [2.45, 2.75) is 72.5 Å². The van der Waals surface area contributed by atoms with Crippen molar-refractivity contribution in [3.63, 3.8) is 0 Å². The zero-order valence-corrected chi connectivity index (χ0v) is 14.8. The molecule has 1 aliphatic rings. The lowest BCUT2D eigenvalue weighted by Gasteiger charge is -2.37. The van der Waals surface area contributed by atoms with E-state index in [4.69, 9.17) is 14.2 Å². The molecule has 21 heavy (non-hydrogen) atoms. The minimum atomic E-state index is 0.290. The normalized spacial score (nSPS) is 26.7. The third-order valence-corrected chi connectivity index (χ3v) is 4.41. The largest absolute Gasteiger partial charge is 0.379 e. The maximum Gasteiger partial charge on any atom is 0.0703 e. The van der Waals surface area contributed by atoms with Gasteiger partial charge in [0, 0.05) is 13.2 Å². The molecule has 0 N–H and O–H groups in total. The molecule has 0 radical (unpaired) electrons. The second-order valence-electron chi connectivity index (χ2n) is 7.12. The summed E-state index contributed by atoms with van der Waals surface area (Å²) >= 11 is 0. The fourth-order valence-electron chi connectivity index (χ4n) is 3.15. The summed E-state index contributed by atoms with van der Waals surface area (Å²) in [5.74, 6) is 2.28. The minimum Gasteiger partial charge on any atom is -0.379 e. The number of rotatable bonds is 10. The lowest BCUT2D eigenvalue weighted by molar-refractivity contribution is -0.0469. The zero-order valence-electron chi connectivity index (χ0n) is 14.8. The van der Waals surface area contributed by atoms with Gasteiger partial charge in [-0.25, -0.2) is 0 Å². The molecule has 0 amide bonds. The Morgan fingerprint density at radius 3 is 2.38 bits per heavy atom. The lowest BCUT2D eigenvalue weighted by Crippen LogP contribution is -2.34. The molecule has 0 spiro atoms. The predicted molar refractivity (Wildman–Crippen MR) is 87.6 cm³/mol. The second kappa shape index (κ2) is 10.6. The van der Waals surface area contributed by atoms with Crippen molar-refractivity contribution in [2.75, 3.05) is 26.4 Å². The summed E-state index contributed by atoms with van der Waals surface area (Å²) in [6.45, 7) is 14.1. The van der Waals surface area contributed by atoms with Crippen LogP contribution < -0.4 is 0 Å². The average Bonchev–Trinajstić information content (AvgIpc) is 2.41. The molecule has 0 bridgehead atoms. The van der Waals surface area contributed by atoms with E-state index in [0.717, 1.165) is 37.4 Å². The highest BCUT2D eigenvalue weighted by Gasteiger charge is 2.31. The van der Waals surface area contributed by atoms with Gasteiger partial charge in [-0.2, -0.15) is 0 Å². The van der Waals surface area contributed by atoms with Crippen LogP contribution in [0.2, 0.25) is 0 Å². The van der Waals surface area contributed by atoms with Gasteiger partial charge in [0.1, 0.15) is 0 Å². The Balaban J connectivity index is 2.07. The molecule has 1 fully saturated rings. The Bertz CT molecular complexity index is 253. The molecule has 3 heteroatoms. The van der Waals surface area contributed by atoms with Gasteiger partial charge in [-0.15, -0.1) is 0 Å².